The number of anilines is 2. The molecule has 1 aromatic heterocycles. The van der Waals surface area contributed by atoms with Gasteiger partial charge in [0, 0.05) is 18.5 Å². The molecule has 1 saturated heterocycles. The van der Waals surface area contributed by atoms with Gasteiger partial charge in [0.15, 0.2) is 11.6 Å². The van der Waals surface area contributed by atoms with Crippen LogP contribution in [0.3, 0.4) is 0 Å². The Morgan fingerprint density at radius 2 is 1.97 bits per heavy atom. The average molecular weight is 468 g/mol. The predicted octanol–water partition coefficient (Wildman–Crippen LogP) is 4.57. The number of aliphatic hydroxyl groups is 1. The Labute approximate surface area is 190 Å². The summed E-state index contributed by atoms with van der Waals surface area (Å²) in [6.07, 6.45) is -0.0895. The SMILES string of the molecule is CC1(CNc2ncnc(N3CCOCC3c3ccc(C(F)(F)F)cc3)c2F)CCCCC1O. The number of nitrogens with zero attached hydrogens (tertiary/aromatic N) is 3. The third kappa shape index (κ3) is 5.06. The third-order valence-electron chi connectivity index (χ3n) is 6.73. The highest BCUT2D eigenvalue weighted by Crippen LogP contribution is 2.37. The van der Waals surface area contributed by atoms with E-state index in [2.05, 4.69) is 15.3 Å². The van der Waals surface area contributed by atoms with E-state index in [1.807, 2.05) is 6.92 Å². The fourth-order valence-corrected chi connectivity index (χ4v) is 4.59. The fourth-order valence-electron chi connectivity index (χ4n) is 4.59. The molecule has 3 unspecified atom stereocenters. The third-order valence-corrected chi connectivity index (χ3v) is 6.73. The Morgan fingerprint density at radius 3 is 2.67 bits per heavy atom. The van der Waals surface area contributed by atoms with Crippen LogP contribution in [0.5, 0.6) is 0 Å². The summed E-state index contributed by atoms with van der Waals surface area (Å²) in [5.41, 5.74) is -0.543. The molecule has 2 heterocycles. The maximum absolute atomic E-state index is 15.5. The Balaban J connectivity index is 1.55. The second-order valence-electron chi connectivity index (χ2n) is 9.03. The summed E-state index contributed by atoms with van der Waals surface area (Å²) in [7, 11) is 0. The smallest absolute Gasteiger partial charge is 0.392 e. The van der Waals surface area contributed by atoms with Gasteiger partial charge in [-0.05, 0) is 30.5 Å². The number of aliphatic hydroxyl groups excluding tert-OH is 1. The van der Waals surface area contributed by atoms with Crippen molar-refractivity contribution in [2.24, 2.45) is 5.41 Å². The predicted molar refractivity (Wildman–Crippen MR) is 115 cm³/mol. The van der Waals surface area contributed by atoms with Crippen LogP contribution in [-0.4, -0.2) is 47.5 Å². The molecule has 3 atom stereocenters. The molecule has 10 heteroatoms. The Hall–Kier alpha value is -2.46. The van der Waals surface area contributed by atoms with E-state index < -0.39 is 29.7 Å². The van der Waals surface area contributed by atoms with E-state index in [0.29, 0.717) is 25.3 Å². The molecule has 0 bridgehead atoms. The van der Waals surface area contributed by atoms with Crippen molar-refractivity contribution in [2.45, 2.75) is 50.9 Å². The summed E-state index contributed by atoms with van der Waals surface area (Å²) in [5, 5.41) is 13.4. The van der Waals surface area contributed by atoms with Crippen LogP contribution in [-0.2, 0) is 10.9 Å². The molecule has 0 radical (unpaired) electrons. The van der Waals surface area contributed by atoms with Crippen LogP contribution in [0.25, 0.3) is 0 Å². The number of nitrogens with one attached hydrogen (secondary N) is 1. The van der Waals surface area contributed by atoms with E-state index in [1.54, 1.807) is 4.90 Å². The highest BCUT2D eigenvalue weighted by Gasteiger charge is 2.36. The van der Waals surface area contributed by atoms with Crippen LogP contribution in [0.2, 0.25) is 0 Å². The van der Waals surface area contributed by atoms with Gasteiger partial charge in [-0.1, -0.05) is 31.9 Å². The minimum absolute atomic E-state index is 0.0386. The van der Waals surface area contributed by atoms with Crippen LogP contribution in [0.15, 0.2) is 30.6 Å². The van der Waals surface area contributed by atoms with E-state index in [9.17, 15) is 18.3 Å². The van der Waals surface area contributed by atoms with Gasteiger partial charge >= 0.3 is 6.18 Å². The average Bonchev–Trinajstić information content (AvgIpc) is 2.80. The quantitative estimate of drug-likeness (QED) is 0.627. The number of morpholine rings is 1. The number of rotatable bonds is 5. The van der Waals surface area contributed by atoms with Gasteiger partial charge in [-0.15, -0.1) is 0 Å². The van der Waals surface area contributed by atoms with Crippen molar-refractivity contribution >= 4 is 11.6 Å². The van der Waals surface area contributed by atoms with E-state index in [4.69, 9.17) is 4.74 Å². The molecule has 1 aliphatic carbocycles. The van der Waals surface area contributed by atoms with Crippen LogP contribution in [0, 0.1) is 11.2 Å². The van der Waals surface area contributed by atoms with E-state index in [1.165, 1.54) is 18.5 Å². The molecule has 180 valence electrons. The molecular formula is C23H28F4N4O2. The highest BCUT2D eigenvalue weighted by atomic mass is 19.4. The van der Waals surface area contributed by atoms with Crippen molar-refractivity contribution in [3.8, 4) is 0 Å². The molecule has 0 spiro atoms. The van der Waals surface area contributed by atoms with E-state index in [-0.39, 0.29) is 23.7 Å². The van der Waals surface area contributed by atoms with Gasteiger partial charge < -0.3 is 20.1 Å². The molecule has 1 aliphatic heterocycles. The monoisotopic (exact) mass is 468 g/mol. The van der Waals surface area contributed by atoms with Gasteiger partial charge in [-0.25, -0.2) is 9.97 Å². The fraction of sp³-hybridized carbons (Fsp3) is 0.565. The van der Waals surface area contributed by atoms with Crippen LogP contribution >= 0.6 is 0 Å². The van der Waals surface area contributed by atoms with Gasteiger partial charge in [0.1, 0.15) is 6.33 Å². The zero-order chi connectivity index (χ0) is 23.6. The molecule has 0 amide bonds. The lowest BCUT2D eigenvalue weighted by molar-refractivity contribution is -0.137. The second-order valence-corrected chi connectivity index (χ2v) is 9.03. The van der Waals surface area contributed by atoms with Gasteiger partial charge in [0.25, 0.3) is 0 Å². The standard InChI is InChI=1S/C23H28F4N4O2/c1-22(9-3-2-4-18(22)32)13-28-20-19(24)21(30-14-29-20)31-10-11-33-12-17(31)15-5-7-16(8-6-15)23(25,26)27/h5-8,14,17-18,32H,2-4,9-13H2,1H3,(H,28,29,30). The molecule has 2 aliphatic rings. The van der Waals surface area contributed by atoms with Gasteiger partial charge in [0.05, 0.1) is 30.9 Å². The summed E-state index contributed by atoms with van der Waals surface area (Å²) in [6.45, 7) is 3.21. The number of benzene rings is 1. The lowest BCUT2D eigenvalue weighted by Crippen LogP contribution is -2.42. The van der Waals surface area contributed by atoms with Crippen molar-refractivity contribution in [2.75, 3.05) is 36.5 Å². The van der Waals surface area contributed by atoms with Gasteiger partial charge in [-0.3, -0.25) is 0 Å². The normalized spacial score (nSPS) is 26.3. The maximum Gasteiger partial charge on any atom is 0.416 e. The molecular weight excluding hydrogens is 440 g/mol. The van der Waals surface area contributed by atoms with Crippen LogP contribution < -0.4 is 10.2 Å². The maximum atomic E-state index is 15.5. The molecule has 1 aromatic carbocycles. The topological polar surface area (TPSA) is 70.5 Å². The Bertz CT molecular complexity index is 956. The summed E-state index contributed by atoms with van der Waals surface area (Å²) in [6, 6.07) is 4.32. The van der Waals surface area contributed by atoms with E-state index >= 15 is 4.39 Å². The van der Waals surface area contributed by atoms with Gasteiger partial charge in [0.2, 0.25) is 5.82 Å². The van der Waals surface area contributed by atoms with Crippen molar-refractivity contribution in [3.05, 3.63) is 47.5 Å². The first kappa shape index (κ1) is 23.7. The molecule has 1 saturated carbocycles. The summed E-state index contributed by atoms with van der Waals surface area (Å²) in [5.74, 6) is -0.531. The zero-order valence-corrected chi connectivity index (χ0v) is 18.4. The second kappa shape index (κ2) is 9.42. The zero-order valence-electron chi connectivity index (χ0n) is 18.4. The van der Waals surface area contributed by atoms with Crippen molar-refractivity contribution in [3.63, 3.8) is 0 Å². The van der Waals surface area contributed by atoms with Crippen molar-refractivity contribution < 1.29 is 27.4 Å². The summed E-state index contributed by atoms with van der Waals surface area (Å²) in [4.78, 5) is 9.89. The summed E-state index contributed by atoms with van der Waals surface area (Å²) < 4.78 is 59.8. The van der Waals surface area contributed by atoms with Crippen molar-refractivity contribution in [1.29, 1.82) is 0 Å². The number of halogens is 4. The van der Waals surface area contributed by atoms with E-state index in [0.717, 1.165) is 37.8 Å². The van der Waals surface area contributed by atoms with Crippen LogP contribution in [0.4, 0.5) is 29.2 Å². The lowest BCUT2D eigenvalue weighted by Gasteiger charge is -2.39. The Kier molecular flexibility index (Phi) is 6.76. The molecule has 2 N–H and O–H groups in total. The number of aromatic nitrogens is 2. The number of alkyl halides is 3. The molecule has 2 fully saturated rings. The first-order valence-electron chi connectivity index (χ1n) is 11.1. The molecule has 33 heavy (non-hydrogen) atoms. The summed E-state index contributed by atoms with van der Waals surface area (Å²) >= 11 is 0. The molecule has 2 aromatic rings. The highest BCUT2D eigenvalue weighted by molar-refractivity contribution is 5.53. The Morgan fingerprint density at radius 1 is 1.21 bits per heavy atom. The van der Waals surface area contributed by atoms with Crippen LogP contribution in [0.1, 0.15) is 49.8 Å². The number of ether oxygens (including phenoxy) is 1. The molecule has 6 nitrogen and oxygen atoms in total. The van der Waals surface area contributed by atoms with Gasteiger partial charge in [-0.2, -0.15) is 17.6 Å². The first-order valence-corrected chi connectivity index (χ1v) is 11.1. The van der Waals surface area contributed by atoms with Crippen molar-refractivity contribution in [1.82, 2.24) is 9.97 Å². The minimum atomic E-state index is -4.43. The molecule has 4 rings (SSSR count). The largest absolute Gasteiger partial charge is 0.416 e. The lowest BCUT2D eigenvalue weighted by atomic mass is 9.73. The minimum Gasteiger partial charge on any atom is -0.392 e. The number of hydrogen-bond donors (Lipinski definition) is 2. The first-order chi connectivity index (χ1) is 15.7. The number of hydrogen-bond acceptors (Lipinski definition) is 6.